The van der Waals surface area contributed by atoms with Gasteiger partial charge in [0.15, 0.2) is 0 Å². The van der Waals surface area contributed by atoms with Gasteiger partial charge >= 0.3 is 0 Å². The topological polar surface area (TPSA) is 38.7 Å². The number of rotatable bonds is 16. The van der Waals surface area contributed by atoms with Crippen LogP contribution in [0.2, 0.25) is 0 Å². The van der Waals surface area contributed by atoms with Crippen molar-refractivity contribution in [3.8, 4) is 33.9 Å². The lowest BCUT2D eigenvalue weighted by Crippen LogP contribution is -3.00. The van der Waals surface area contributed by atoms with Gasteiger partial charge in [0.25, 0.3) is 0 Å². The second-order valence-electron chi connectivity index (χ2n) is 11.8. The zero-order chi connectivity index (χ0) is 28.0. The molecular formula is C36H47BrN4. The molecule has 0 saturated heterocycles. The normalized spacial score (nSPS) is 11.3. The van der Waals surface area contributed by atoms with Crippen molar-refractivity contribution in [1.82, 2.24) is 15.0 Å². The van der Waals surface area contributed by atoms with Crippen LogP contribution in [0.4, 0.5) is 0 Å². The standard InChI is InChI=1S/C36H47N4.BrH/c1-4-5-6-7-8-9-10-11-12-17-26-40(2,3)29-30-20-22-31(23-21-30)32-27-35(33-18-13-15-24-37-33)39-36(28-32)34-19-14-16-25-38-34;/h13-16,18-25,27-28H,4-12,17,26,29H2,1-3H3;1H/q+1;/p-1. The smallest absolute Gasteiger partial charge is 0.104 e. The van der Waals surface area contributed by atoms with Gasteiger partial charge in [-0.15, -0.1) is 0 Å². The Morgan fingerprint density at radius 3 is 1.56 bits per heavy atom. The molecule has 0 radical (unpaired) electrons. The molecule has 4 nitrogen and oxygen atoms in total. The maximum absolute atomic E-state index is 4.90. The monoisotopic (exact) mass is 614 g/mol. The van der Waals surface area contributed by atoms with E-state index in [0.29, 0.717) is 0 Å². The van der Waals surface area contributed by atoms with Gasteiger partial charge in [0.05, 0.1) is 43.4 Å². The Morgan fingerprint density at radius 1 is 0.561 bits per heavy atom. The van der Waals surface area contributed by atoms with Gasteiger partial charge in [-0.2, -0.15) is 0 Å². The third kappa shape index (κ3) is 10.8. The average Bonchev–Trinajstić information content (AvgIpc) is 2.99. The van der Waals surface area contributed by atoms with Crippen molar-refractivity contribution in [1.29, 1.82) is 0 Å². The van der Waals surface area contributed by atoms with Crippen LogP contribution in [0.25, 0.3) is 33.9 Å². The van der Waals surface area contributed by atoms with Crippen LogP contribution in [0.15, 0.2) is 85.2 Å². The number of pyridine rings is 3. The molecule has 0 spiro atoms. The third-order valence-electron chi connectivity index (χ3n) is 7.69. The molecule has 0 saturated carbocycles. The Hall–Kier alpha value is -2.89. The molecule has 0 aliphatic heterocycles. The largest absolute Gasteiger partial charge is 1.00 e. The maximum Gasteiger partial charge on any atom is 0.104 e. The van der Waals surface area contributed by atoms with Gasteiger partial charge < -0.3 is 21.5 Å². The first-order valence-corrected chi connectivity index (χ1v) is 15.3. The number of halogens is 1. The molecule has 218 valence electrons. The second-order valence-corrected chi connectivity index (χ2v) is 11.8. The molecule has 4 rings (SSSR count). The summed E-state index contributed by atoms with van der Waals surface area (Å²) in [6.07, 6.45) is 17.5. The van der Waals surface area contributed by atoms with E-state index in [1.165, 1.54) is 81.9 Å². The Bertz CT molecular complexity index is 1220. The Kier molecular flexibility index (Phi) is 13.6. The number of nitrogens with zero attached hydrogens (tertiary/aromatic N) is 4. The molecule has 0 atom stereocenters. The van der Waals surface area contributed by atoms with Crippen LogP contribution in [-0.2, 0) is 6.54 Å². The van der Waals surface area contributed by atoms with Crippen molar-refractivity contribution >= 4 is 0 Å². The zero-order valence-corrected chi connectivity index (χ0v) is 26.8. The molecule has 4 aromatic rings. The minimum Gasteiger partial charge on any atom is -1.00 e. The van der Waals surface area contributed by atoms with Crippen LogP contribution >= 0.6 is 0 Å². The van der Waals surface area contributed by atoms with Crippen molar-refractivity contribution in [3.63, 3.8) is 0 Å². The summed E-state index contributed by atoms with van der Waals surface area (Å²) in [6.45, 7) is 4.56. The fourth-order valence-electron chi connectivity index (χ4n) is 5.39. The van der Waals surface area contributed by atoms with Crippen molar-refractivity contribution in [2.24, 2.45) is 0 Å². The number of hydrogen-bond donors (Lipinski definition) is 0. The highest BCUT2D eigenvalue weighted by Crippen LogP contribution is 2.29. The summed E-state index contributed by atoms with van der Waals surface area (Å²) in [5.41, 5.74) is 7.13. The predicted octanol–water partition coefficient (Wildman–Crippen LogP) is 6.37. The second kappa shape index (κ2) is 17.2. The van der Waals surface area contributed by atoms with E-state index >= 15 is 0 Å². The highest BCUT2D eigenvalue weighted by atomic mass is 79.9. The van der Waals surface area contributed by atoms with Gasteiger partial charge in [-0.3, -0.25) is 9.97 Å². The molecule has 5 heteroatoms. The molecule has 1 aromatic carbocycles. The maximum atomic E-state index is 4.90. The summed E-state index contributed by atoms with van der Waals surface area (Å²) in [5.74, 6) is 0. The van der Waals surface area contributed by atoms with Crippen molar-refractivity contribution in [2.45, 2.75) is 77.7 Å². The van der Waals surface area contributed by atoms with Gasteiger partial charge in [0.2, 0.25) is 0 Å². The van der Waals surface area contributed by atoms with E-state index in [9.17, 15) is 0 Å². The first-order chi connectivity index (χ1) is 19.5. The van der Waals surface area contributed by atoms with Crippen LogP contribution in [0.1, 0.15) is 76.7 Å². The van der Waals surface area contributed by atoms with E-state index < -0.39 is 0 Å². The van der Waals surface area contributed by atoms with E-state index in [1.54, 1.807) is 0 Å². The lowest BCUT2D eigenvalue weighted by atomic mass is 10.0. The molecule has 0 aliphatic rings. The summed E-state index contributed by atoms with van der Waals surface area (Å²) in [5, 5.41) is 0. The number of benzene rings is 1. The van der Waals surface area contributed by atoms with Crippen LogP contribution < -0.4 is 17.0 Å². The highest BCUT2D eigenvalue weighted by molar-refractivity contribution is 5.74. The SMILES string of the molecule is CCCCCCCCCCCC[N+](C)(C)Cc1ccc(-c2cc(-c3ccccn3)nc(-c3ccccn3)c2)cc1.[Br-]. The number of unbranched alkanes of at least 4 members (excludes halogenated alkanes) is 9. The van der Waals surface area contributed by atoms with Crippen LogP contribution in [0.5, 0.6) is 0 Å². The van der Waals surface area contributed by atoms with E-state index in [2.05, 4.69) is 67.4 Å². The molecule has 0 bridgehead atoms. The molecule has 41 heavy (non-hydrogen) atoms. The summed E-state index contributed by atoms with van der Waals surface area (Å²) in [4.78, 5) is 14.0. The predicted molar refractivity (Wildman–Crippen MR) is 169 cm³/mol. The van der Waals surface area contributed by atoms with E-state index in [4.69, 9.17) is 4.98 Å². The Labute approximate surface area is 258 Å². The molecule has 0 fully saturated rings. The quantitative estimate of drug-likeness (QED) is 0.109. The Balaban J connectivity index is 0.00000462. The zero-order valence-electron chi connectivity index (χ0n) is 25.2. The van der Waals surface area contributed by atoms with Crippen LogP contribution in [-0.4, -0.2) is 40.1 Å². The first kappa shape index (κ1) is 32.6. The van der Waals surface area contributed by atoms with Crippen LogP contribution in [0, 0.1) is 0 Å². The minimum absolute atomic E-state index is 0. The van der Waals surface area contributed by atoms with E-state index in [-0.39, 0.29) is 17.0 Å². The summed E-state index contributed by atoms with van der Waals surface area (Å²) in [6, 6.07) is 25.2. The van der Waals surface area contributed by atoms with Crippen molar-refractivity contribution < 1.29 is 21.5 Å². The molecule has 0 aliphatic carbocycles. The molecule has 3 heterocycles. The number of aromatic nitrogens is 3. The number of quaternary nitrogens is 1. The fourth-order valence-corrected chi connectivity index (χ4v) is 5.39. The molecule has 0 N–H and O–H groups in total. The Morgan fingerprint density at radius 2 is 1.07 bits per heavy atom. The first-order valence-electron chi connectivity index (χ1n) is 15.3. The molecular weight excluding hydrogens is 568 g/mol. The van der Waals surface area contributed by atoms with Gasteiger partial charge in [0.1, 0.15) is 6.54 Å². The van der Waals surface area contributed by atoms with Gasteiger partial charge in [-0.05, 0) is 60.4 Å². The molecule has 0 unspecified atom stereocenters. The van der Waals surface area contributed by atoms with Gasteiger partial charge in [-0.1, -0.05) is 94.7 Å². The fraction of sp³-hybridized carbons (Fsp3) is 0.417. The minimum atomic E-state index is 0. The highest BCUT2D eigenvalue weighted by Gasteiger charge is 2.16. The lowest BCUT2D eigenvalue weighted by molar-refractivity contribution is -0.903. The summed E-state index contributed by atoms with van der Waals surface area (Å²) < 4.78 is 1.03. The van der Waals surface area contributed by atoms with Gasteiger partial charge in [-0.25, -0.2) is 4.98 Å². The van der Waals surface area contributed by atoms with Crippen molar-refractivity contribution in [3.05, 3.63) is 90.8 Å². The summed E-state index contributed by atoms with van der Waals surface area (Å²) >= 11 is 0. The number of hydrogen-bond acceptors (Lipinski definition) is 3. The van der Waals surface area contributed by atoms with Gasteiger partial charge in [0, 0.05) is 18.0 Å². The van der Waals surface area contributed by atoms with Crippen molar-refractivity contribution in [2.75, 3.05) is 20.6 Å². The summed E-state index contributed by atoms with van der Waals surface area (Å²) in [7, 11) is 4.73. The lowest BCUT2D eigenvalue weighted by Gasteiger charge is -2.30. The van der Waals surface area contributed by atoms with E-state index in [0.717, 1.165) is 39.4 Å². The molecule has 3 aromatic heterocycles. The molecule has 0 amide bonds. The third-order valence-corrected chi connectivity index (χ3v) is 7.69. The van der Waals surface area contributed by atoms with Crippen LogP contribution in [0.3, 0.4) is 0 Å². The van der Waals surface area contributed by atoms with E-state index in [1.807, 2.05) is 48.8 Å². The average molecular weight is 616 g/mol.